The highest BCUT2D eigenvalue weighted by molar-refractivity contribution is 7.70. The van der Waals surface area contributed by atoms with Crippen LogP contribution >= 0.6 is 11.6 Å². The summed E-state index contributed by atoms with van der Waals surface area (Å²) in [5.41, 5.74) is 0.913. The van der Waals surface area contributed by atoms with Crippen molar-refractivity contribution < 1.29 is 26.7 Å². The Morgan fingerprint density at radius 3 is 2.71 bits per heavy atom. The van der Waals surface area contributed by atoms with Gasteiger partial charge in [-0.25, -0.2) is 26.9 Å². The summed E-state index contributed by atoms with van der Waals surface area (Å²) in [7, 11) is -1.39. The standard InChI is InChI=1S/C22H23ClF2N4O4S/c1-32-19-12-18-16(21(28-22(23)27-18)29-7-9-33-10-8-29)11-15(19)13-3-2-4-14(20(13)25)17(24)5-6-26-34(30)31/h2-4,11-12,17,34H,5-10H2,1H3,(H,26,30,31). The molecule has 1 unspecified atom stereocenters. The number of anilines is 1. The zero-order chi connectivity index (χ0) is 24.2. The van der Waals surface area contributed by atoms with Crippen LogP contribution in [-0.4, -0.2) is 58.3 Å². The summed E-state index contributed by atoms with van der Waals surface area (Å²) in [5, 5.41) is 0.720. The lowest BCUT2D eigenvalue weighted by Crippen LogP contribution is -2.37. The maximum atomic E-state index is 15.5. The van der Waals surface area contributed by atoms with Crippen molar-refractivity contribution in [2.75, 3.05) is 44.9 Å². The minimum Gasteiger partial charge on any atom is -0.496 e. The second-order valence-corrected chi connectivity index (χ2v) is 8.78. The molecular weight excluding hydrogens is 490 g/mol. The van der Waals surface area contributed by atoms with Gasteiger partial charge in [0.15, 0.2) is 0 Å². The number of fused-ring (bicyclic) bond motifs is 1. The Bertz CT molecular complexity index is 1260. The predicted molar refractivity (Wildman–Crippen MR) is 126 cm³/mol. The Kier molecular flexibility index (Phi) is 7.77. The van der Waals surface area contributed by atoms with Gasteiger partial charge in [0.2, 0.25) is 16.2 Å². The zero-order valence-corrected chi connectivity index (χ0v) is 19.9. The molecule has 0 spiro atoms. The van der Waals surface area contributed by atoms with Crippen LogP contribution in [-0.2, 0) is 15.6 Å². The minimum atomic E-state index is -2.85. The minimum absolute atomic E-state index is 0.0747. The van der Waals surface area contributed by atoms with E-state index in [4.69, 9.17) is 21.1 Å². The Labute approximate surface area is 201 Å². The lowest BCUT2D eigenvalue weighted by molar-refractivity contribution is 0.122. The SMILES string of the molecule is COc1cc2nc(Cl)nc(N3CCOCC3)c2cc1-c1cccc(C(F)CCN[SH](=O)=O)c1F. The number of rotatable bonds is 8. The monoisotopic (exact) mass is 512 g/mol. The molecule has 1 saturated heterocycles. The average Bonchev–Trinajstić information content (AvgIpc) is 2.83. The van der Waals surface area contributed by atoms with E-state index in [0.717, 1.165) is 0 Å². The van der Waals surface area contributed by atoms with Crippen molar-refractivity contribution in [3.63, 3.8) is 0 Å². The summed E-state index contributed by atoms with van der Waals surface area (Å²) >= 11 is 6.17. The van der Waals surface area contributed by atoms with Gasteiger partial charge in [0.05, 0.1) is 25.8 Å². The van der Waals surface area contributed by atoms with Crippen LogP contribution in [0.4, 0.5) is 14.6 Å². The van der Waals surface area contributed by atoms with E-state index < -0.39 is 22.9 Å². The Morgan fingerprint density at radius 1 is 1.24 bits per heavy atom. The van der Waals surface area contributed by atoms with E-state index in [-0.39, 0.29) is 29.4 Å². The molecule has 1 aliphatic rings. The number of ether oxygens (including phenoxy) is 2. The number of methoxy groups -OCH3 is 1. The summed E-state index contributed by atoms with van der Waals surface area (Å²) < 4.78 is 64.6. The lowest BCUT2D eigenvalue weighted by Gasteiger charge is -2.29. The number of alkyl halides is 1. The highest BCUT2D eigenvalue weighted by Gasteiger charge is 2.23. The summed E-state index contributed by atoms with van der Waals surface area (Å²) in [5.74, 6) is 0.188. The number of benzene rings is 2. The van der Waals surface area contributed by atoms with Crippen LogP contribution in [0.25, 0.3) is 22.0 Å². The van der Waals surface area contributed by atoms with E-state index in [9.17, 15) is 12.8 Å². The normalized spacial score (nSPS) is 15.1. The molecule has 0 radical (unpaired) electrons. The number of aromatic nitrogens is 2. The number of hydrogen-bond acceptors (Lipinski definition) is 7. The first kappa shape index (κ1) is 24.5. The first-order chi connectivity index (χ1) is 16.4. The number of halogens is 3. The van der Waals surface area contributed by atoms with Gasteiger partial charge in [-0.15, -0.1) is 0 Å². The molecule has 2 heterocycles. The third-order valence-electron chi connectivity index (χ3n) is 5.58. The number of nitrogens with zero attached hydrogens (tertiary/aromatic N) is 3. The third kappa shape index (κ3) is 5.22. The average molecular weight is 513 g/mol. The van der Waals surface area contributed by atoms with Crippen LogP contribution in [0.3, 0.4) is 0 Å². The van der Waals surface area contributed by atoms with Gasteiger partial charge in [0, 0.05) is 47.8 Å². The zero-order valence-electron chi connectivity index (χ0n) is 18.3. The molecule has 182 valence electrons. The van der Waals surface area contributed by atoms with Gasteiger partial charge >= 0.3 is 0 Å². The van der Waals surface area contributed by atoms with Gasteiger partial charge in [0.1, 0.15) is 23.6 Å². The smallest absolute Gasteiger partial charge is 0.224 e. The molecule has 0 saturated carbocycles. The van der Waals surface area contributed by atoms with Crippen molar-refractivity contribution >= 4 is 39.2 Å². The second kappa shape index (κ2) is 10.8. The van der Waals surface area contributed by atoms with Crippen molar-refractivity contribution in [3.8, 4) is 16.9 Å². The van der Waals surface area contributed by atoms with Crippen LogP contribution in [0.2, 0.25) is 5.28 Å². The molecule has 1 aliphatic heterocycles. The number of hydrogen-bond donors (Lipinski definition) is 2. The van der Waals surface area contributed by atoms with Crippen LogP contribution < -0.4 is 14.4 Å². The molecule has 0 bridgehead atoms. The fourth-order valence-corrected chi connectivity index (χ4v) is 4.43. The van der Waals surface area contributed by atoms with Crippen LogP contribution in [0.5, 0.6) is 5.75 Å². The quantitative estimate of drug-likeness (QED) is 0.353. The van der Waals surface area contributed by atoms with Gasteiger partial charge < -0.3 is 14.4 Å². The molecule has 0 aliphatic carbocycles. The van der Waals surface area contributed by atoms with Crippen molar-refractivity contribution in [1.82, 2.24) is 14.7 Å². The summed E-state index contributed by atoms with van der Waals surface area (Å²) in [6.45, 7) is 2.16. The Morgan fingerprint density at radius 2 is 2.00 bits per heavy atom. The van der Waals surface area contributed by atoms with Crippen molar-refractivity contribution in [1.29, 1.82) is 0 Å². The van der Waals surface area contributed by atoms with Gasteiger partial charge in [-0.3, -0.25) is 0 Å². The van der Waals surface area contributed by atoms with E-state index >= 15 is 4.39 Å². The van der Waals surface area contributed by atoms with Crippen molar-refractivity contribution in [3.05, 3.63) is 47.0 Å². The van der Waals surface area contributed by atoms with E-state index in [1.165, 1.54) is 19.2 Å². The fourth-order valence-electron chi connectivity index (χ4n) is 3.95. The van der Waals surface area contributed by atoms with Gasteiger partial charge in [-0.1, -0.05) is 18.2 Å². The third-order valence-corrected chi connectivity index (χ3v) is 6.23. The van der Waals surface area contributed by atoms with Crippen LogP contribution in [0.1, 0.15) is 18.2 Å². The second-order valence-electron chi connectivity index (χ2n) is 7.62. The maximum absolute atomic E-state index is 15.5. The number of nitrogens with one attached hydrogen (secondary N) is 1. The number of thiol groups is 1. The first-order valence-corrected chi connectivity index (χ1v) is 12.1. The molecule has 8 nitrogen and oxygen atoms in total. The molecule has 0 amide bonds. The van der Waals surface area contributed by atoms with Crippen molar-refractivity contribution in [2.45, 2.75) is 12.6 Å². The lowest BCUT2D eigenvalue weighted by atomic mass is 9.97. The largest absolute Gasteiger partial charge is 0.496 e. The van der Waals surface area contributed by atoms with E-state index in [1.54, 1.807) is 18.2 Å². The van der Waals surface area contributed by atoms with Gasteiger partial charge in [0.25, 0.3) is 0 Å². The molecule has 34 heavy (non-hydrogen) atoms. The maximum Gasteiger partial charge on any atom is 0.224 e. The number of morpholine rings is 1. The van der Waals surface area contributed by atoms with Crippen LogP contribution in [0, 0.1) is 5.82 Å². The molecule has 3 aromatic rings. The highest BCUT2D eigenvalue weighted by Crippen LogP contribution is 2.40. The van der Waals surface area contributed by atoms with E-state index in [1.807, 2.05) is 4.90 Å². The van der Waals surface area contributed by atoms with Crippen molar-refractivity contribution in [2.24, 2.45) is 0 Å². The Balaban J connectivity index is 1.80. The molecular formula is C22H23ClF2N4O4S. The Hall–Kier alpha value is -2.60. The van der Waals surface area contributed by atoms with Gasteiger partial charge in [-0.05, 0) is 24.1 Å². The molecule has 12 heteroatoms. The van der Waals surface area contributed by atoms with Crippen LogP contribution in [0.15, 0.2) is 30.3 Å². The van der Waals surface area contributed by atoms with Gasteiger partial charge in [-0.2, -0.15) is 4.98 Å². The highest BCUT2D eigenvalue weighted by atomic mass is 35.5. The topological polar surface area (TPSA) is 93.7 Å². The molecule has 1 atom stereocenters. The molecule has 1 fully saturated rings. The molecule has 1 N–H and O–H groups in total. The summed E-state index contributed by atoms with van der Waals surface area (Å²) in [6, 6.07) is 7.79. The van der Waals surface area contributed by atoms with E-state index in [2.05, 4.69) is 14.7 Å². The predicted octanol–water partition coefficient (Wildman–Crippen LogP) is 3.45. The summed E-state index contributed by atoms with van der Waals surface area (Å²) in [4.78, 5) is 10.7. The first-order valence-electron chi connectivity index (χ1n) is 10.6. The molecule has 4 rings (SSSR count). The molecule has 2 aromatic carbocycles. The van der Waals surface area contributed by atoms with E-state index in [0.29, 0.717) is 54.3 Å². The summed E-state index contributed by atoms with van der Waals surface area (Å²) in [6.07, 6.45) is -1.90. The molecule has 1 aromatic heterocycles. The fraction of sp³-hybridized carbons (Fsp3) is 0.364.